The standard InChI is InChI=1S/C25H34N2O6S/c1-18(22-17-20(31-2)9-11-24(22)33-4)26-25(28)13-8-19-16-21(10-12-23(19)32-3)34(29,30)27-14-6-5-7-15-27/h9-12,16-18H,5-8,13-15H2,1-4H3,(H,26,28). The number of sulfonamides is 1. The number of piperidine rings is 1. The van der Waals surface area contributed by atoms with E-state index in [4.69, 9.17) is 14.2 Å². The summed E-state index contributed by atoms with van der Waals surface area (Å²) in [6, 6.07) is 10.00. The molecular weight excluding hydrogens is 456 g/mol. The highest BCUT2D eigenvalue weighted by atomic mass is 32.2. The van der Waals surface area contributed by atoms with Gasteiger partial charge in [-0.2, -0.15) is 4.31 Å². The smallest absolute Gasteiger partial charge is 0.243 e. The van der Waals surface area contributed by atoms with Gasteiger partial charge in [-0.25, -0.2) is 8.42 Å². The Morgan fingerprint density at radius 2 is 1.65 bits per heavy atom. The number of rotatable bonds is 10. The molecule has 1 heterocycles. The van der Waals surface area contributed by atoms with Crippen LogP contribution in [0.1, 0.15) is 49.8 Å². The maximum Gasteiger partial charge on any atom is 0.243 e. The van der Waals surface area contributed by atoms with Crippen LogP contribution < -0.4 is 19.5 Å². The van der Waals surface area contributed by atoms with Gasteiger partial charge < -0.3 is 19.5 Å². The van der Waals surface area contributed by atoms with Crippen LogP contribution in [0.2, 0.25) is 0 Å². The molecule has 1 unspecified atom stereocenters. The van der Waals surface area contributed by atoms with Crippen LogP contribution in [0.15, 0.2) is 41.3 Å². The van der Waals surface area contributed by atoms with Gasteiger partial charge in [0.2, 0.25) is 15.9 Å². The molecule has 1 fully saturated rings. The van der Waals surface area contributed by atoms with E-state index < -0.39 is 10.0 Å². The number of methoxy groups -OCH3 is 3. The molecule has 1 aliphatic rings. The number of hydrogen-bond acceptors (Lipinski definition) is 6. The second-order valence-electron chi connectivity index (χ2n) is 8.34. The molecule has 1 amide bonds. The lowest BCUT2D eigenvalue weighted by molar-refractivity contribution is -0.121. The second-order valence-corrected chi connectivity index (χ2v) is 10.3. The number of aryl methyl sites for hydroxylation is 1. The minimum atomic E-state index is -3.57. The molecule has 1 saturated heterocycles. The van der Waals surface area contributed by atoms with Gasteiger partial charge in [0.15, 0.2) is 0 Å². The highest BCUT2D eigenvalue weighted by molar-refractivity contribution is 7.89. The van der Waals surface area contributed by atoms with Crippen molar-refractivity contribution in [2.45, 2.75) is 50.0 Å². The lowest BCUT2D eigenvalue weighted by atomic mass is 10.1. The summed E-state index contributed by atoms with van der Waals surface area (Å²) in [5.74, 6) is 1.73. The number of hydrogen-bond donors (Lipinski definition) is 1. The summed E-state index contributed by atoms with van der Waals surface area (Å²) in [6.07, 6.45) is 3.33. The summed E-state index contributed by atoms with van der Waals surface area (Å²) in [5, 5.41) is 2.98. The molecule has 186 valence electrons. The van der Waals surface area contributed by atoms with Crippen LogP contribution in [-0.2, 0) is 21.2 Å². The van der Waals surface area contributed by atoms with Crippen LogP contribution in [0.4, 0.5) is 0 Å². The molecule has 1 N–H and O–H groups in total. The molecule has 0 bridgehead atoms. The number of ether oxygens (including phenoxy) is 3. The number of carbonyl (C=O) groups is 1. The second kappa shape index (κ2) is 11.6. The molecule has 0 spiro atoms. The van der Waals surface area contributed by atoms with Crippen molar-refractivity contribution in [3.8, 4) is 17.2 Å². The van der Waals surface area contributed by atoms with Crippen molar-refractivity contribution in [2.24, 2.45) is 0 Å². The first-order valence-corrected chi connectivity index (χ1v) is 12.9. The fourth-order valence-corrected chi connectivity index (χ4v) is 5.75. The first-order valence-electron chi connectivity index (χ1n) is 11.5. The van der Waals surface area contributed by atoms with Crippen LogP contribution >= 0.6 is 0 Å². The average Bonchev–Trinajstić information content (AvgIpc) is 2.87. The first kappa shape index (κ1) is 25.8. The van der Waals surface area contributed by atoms with E-state index in [1.807, 2.05) is 13.0 Å². The first-order chi connectivity index (χ1) is 16.3. The van der Waals surface area contributed by atoms with Crippen molar-refractivity contribution in [2.75, 3.05) is 34.4 Å². The van der Waals surface area contributed by atoms with Crippen molar-refractivity contribution in [3.05, 3.63) is 47.5 Å². The highest BCUT2D eigenvalue weighted by Crippen LogP contribution is 2.30. The molecule has 1 aliphatic heterocycles. The predicted octanol–water partition coefficient (Wildman–Crippen LogP) is 3.70. The summed E-state index contributed by atoms with van der Waals surface area (Å²) in [4.78, 5) is 13.0. The van der Waals surface area contributed by atoms with Gasteiger partial charge in [-0.1, -0.05) is 6.42 Å². The predicted molar refractivity (Wildman–Crippen MR) is 130 cm³/mol. The Hall–Kier alpha value is -2.78. The Kier molecular flexibility index (Phi) is 8.79. The zero-order valence-corrected chi connectivity index (χ0v) is 21.1. The lowest BCUT2D eigenvalue weighted by Gasteiger charge is -2.26. The molecule has 0 saturated carbocycles. The maximum absolute atomic E-state index is 13.1. The maximum atomic E-state index is 13.1. The molecule has 2 aromatic rings. The molecule has 0 aromatic heterocycles. The van der Waals surface area contributed by atoms with Crippen LogP contribution in [0.25, 0.3) is 0 Å². The number of amides is 1. The SMILES string of the molecule is COc1ccc(OC)c(C(C)NC(=O)CCc2cc(S(=O)(=O)N3CCCCC3)ccc2OC)c1. The average molecular weight is 491 g/mol. The summed E-state index contributed by atoms with van der Waals surface area (Å²) in [6.45, 7) is 2.96. The van der Waals surface area contributed by atoms with Gasteiger partial charge >= 0.3 is 0 Å². The van der Waals surface area contributed by atoms with E-state index in [0.29, 0.717) is 42.3 Å². The van der Waals surface area contributed by atoms with E-state index in [1.165, 1.54) is 11.4 Å². The monoisotopic (exact) mass is 490 g/mol. The Labute approximate surface area is 202 Å². The summed E-state index contributed by atoms with van der Waals surface area (Å²) < 4.78 is 43.8. The van der Waals surface area contributed by atoms with Crippen molar-refractivity contribution in [1.29, 1.82) is 0 Å². The summed E-state index contributed by atoms with van der Waals surface area (Å²) in [7, 11) is 1.14. The third-order valence-electron chi connectivity index (χ3n) is 6.11. The number of nitrogens with zero attached hydrogens (tertiary/aromatic N) is 1. The Bertz CT molecular complexity index is 1100. The van der Waals surface area contributed by atoms with Crippen LogP contribution in [-0.4, -0.2) is 53.0 Å². The summed E-state index contributed by atoms with van der Waals surface area (Å²) >= 11 is 0. The summed E-state index contributed by atoms with van der Waals surface area (Å²) in [5.41, 5.74) is 1.49. The Morgan fingerprint density at radius 3 is 2.29 bits per heavy atom. The number of carbonyl (C=O) groups excluding carboxylic acids is 1. The zero-order chi connectivity index (χ0) is 24.7. The molecule has 2 aromatic carbocycles. The topological polar surface area (TPSA) is 94.2 Å². The van der Waals surface area contributed by atoms with Gasteiger partial charge in [0.1, 0.15) is 17.2 Å². The van der Waals surface area contributed by atoms with Crippen LogP contribution in [0.3, 0.4) is 0 Å². The Morgan fingerprint density at radius 1 is 0.971 bits per heavy atom. The van der Waals surface area contributed by atoms with Crippen LogP contribution in [0, 0.1) is 0 Å². The van der Waals surface area contributed by atoms with Crippen molar-refractivity contribution in [3.63, 3.8) is 0 Å². The molecule has 8 nitrogen and oxygen atoms in total. The van der Waals surface area contributed by atoms with E-state index in [2.05, 4.69) is 5.32 Å². The third-order valence-corrected chi connectivity index (χ3v) is 8.00. The quantitative estimate of drug-likeness (QED) is 0.546. The van der Waals surface area contributed by atoms with Gasteiger partial charge in [-0.05, 0) is 68.1 Å². The van der Waals surface area contributed by atoms with Gasteiger partial charge in [0.25, 0.3) is 0 Å². The fraction of sp³-hybridized carbons (Fsp3) is 0.480. The van der Waals surface area contributed by atoms with E-state index in [1.54, 1.807) is 44.6 Å². The van der Waals surface area contributed by atoms with E-state index in [-0.39, 0.29) is 23.3 Å². The Balaban J connectivity index is 1.71. The molecule has 9 heteroatoms. The van der Waals surface area contributed by atoms with Gasteiger partial charge in [0.05, 0.1) is 32.3 Å². The van der Waals surface area contributed by atoms with E-state index in [0.717, 1.165) is 24.8 Å². The minimum Gasteiger partial charge on any atom is -0.497 e. The zero-order valence-electron chi connectivity index (χ0n) is 20.3. The van der Waals surface area contributed by atoms with Crippen molar-refractivity contribution in [1.82, 2.24) is 9.62 Å². The fourth-order valence-electron chi connectivity index (χ4n) is 4.18. The van der Waals surface area contributed by atoms with Crippen LogP contribution in [0.5, 0.6) is 17.2 Å². The molecule has 1 atom stereocenters. The minimum absolute atomic E-state index is 0.163. The molecular formula is C25H34N2O6S. The molecule has 3 rings (SSSR count). The molecule has 0 aliphatic carbocycles. The van der Waals surface area contributed by atoms with Gasteiger partial charge in [0, 0.05) is 25.1 Å². The molecule has 34 heavy (non-hydrogen) atoms. The lowest BCUT2D eigenvalue weighted by Crippen LogP contribution is -2.35. The van der Waals surface area contributed by atoms with Crippen molar-refractivity contribution >= 4 is 15.9 Å². The largest absolute Gasteiger partial charge is 0.497 e. The van der Waals surface area contributed by atoms with E-state index in [9.17, 15) is 13.2 Å². The van der Waals surface area contributed by atoms with Gasteiger partial charge in [-0.3, -0.25) is 4.79 Å². The van der Waals surface area contributed by atoms with Gasteiger partial charge in [-0.15, -0.1) is 0 Å². The van der Waals surface area contributed by atoms with Crippen molar-refractivity contribution < 1.29 is 27.4 Å². The normalized spacial score (nSPS) is 15.4. The number of benzene rings is 2. The highest BCUT2D eigenvalue weighted by Gasteiger charge is 2.27. The third kappa shape index (κ3) is 6.01. The number of nitrogens with one attached hydrogen (secondary N) is 1. The van der Waals surface area contributed by atoms with E-state index >= 15 is 0 Å². The molecule has 0 radical (unpaired) electrons.